The molecule has 3 N–H and O–H groups in total. The summed E-state index contributed by atoms with van der Waals surface area (Å²) in [6, 6.07) is 10.6. The smallest absolute Gasteiger partial charge is 0.251 e. The summed E-state index contributed by atoms with van der Waals surface area (Å²) in [5.74, 6) is -0.137. The zero-order valence-electron chi connectivity index (χ0n) is 8.94. The second kappa shape index (κ2) is 5.21. The van der Waals surface area contributed by atoms with Crippen LogP contribution in [-0.4, -0.2) is 5.91 Å². The number of hydrogen-bond donors (Lipinski definition) is 2. The Morgan fingerprint density at radius 3 is 2.82 bits per heavy atom. The van der Waals surface area contributed by atoms with Gasteiger partial charge in [-0.3, -0.25) is 4.79 Å². The Bertz CT molecular complexity index is 539. The molecule has 17 heavy (non-hydrogen) atoms. The molecule has 1 aromatic carbocycles. The lowest BCUT2D eigenvalue weighted by Gasteiger charge is -2.04. The highest BCUT2D eigenvalue weighted by Gasteiger charge is 2.06. The molecule has 0 radical (unpaired) electrons. The highest BCUT2D eigenvalue weighted by atomic mass is 35.5. The van der Waals surface area contributed by atoms with E-state index in [4.69, 9.17) is 17.3 Å². The molecule has 1 aromatic heterocycles. The molecule has 0 atom stereocenters. The number of nitrogens with two attached hydrogens (primary N) is 1. The average Bonchev–Trinajstić information content (AvgIpc) is 2.72. The van der Waals surface area contributed by atoms with Crippen molar-refractivity contribution in [2.24, 2.45) is 0 Å². The number of nitrogens with one attached hydrogen (secondary N) is 1. The summed E-state index contributed by atoms with van der Waals surface area (Å²) >= 11 is 7.26. The maximum Gasteiger partial charge on any atom is 0.251 e. The van der Waals surface area contributed by atoms with Gasteiger partial charge in [0.25, 0.3) is 5.91 Å². The van der Waals surface area contributed by atoms with Crippen molar-refractivity contribution in [1.29, 1.82) is 0 Å². The number of hydrogen-bond acceptors (Lipinski definition) is 3. The molecule has 0 aliphatic rings. The van der Waals surface area contributed by atoms with Crippen LogP contribution in [0.25, 0.3) is 0 Å². The van der Waals surface area contributed by atoms with Crippen molar-refractivity contribution in [3.05, 3.63) is 51.2 Å². The van der Waals surface area contributed by atoms with Gasteiger partial charge in [-0.25, -0.2) is 0 Å². The number of nitrogen functional groups attached to an aromatic ring is 1. The van der Waals surface area contributed by atoms with Crippen LogP contribution in [0, 0.1) is 0 Å². The lowest BCUT2D eigenvalue weighted by molar-refractivity contribution is 0.0951. The van der Waals surface area contributed by atoms with E-state index in [2.05, 4.69) is 5.32 Å². The molecule has 0 bridgehead atoms. The first-order valence-corrected chi connectivity index (χ1v) is 6.22. The molecule has 0 aliphatic carbocycles. The van der Waals surface area contributed by atoms with E-state index in [0.717, 1.165) is 9.21 Å². The standard InChI is InChI=1S/C12H11ClN2OS/c13-11-5-4-10(17-11)7-15-12(16)8-2-1-3-9(14)6-8/h1-6H,7,14H2,(H,15,16). The molecule has 1 heterocycles. The number of halogens is 1. The number of amides is 1. The van der Waals surface area contributed by atoms with E-state index >= 15 is 0 Å². The Labute approximate surface area is 108 Å². The SMILES string of the molecule is Nc1cccc(C(=O)NCc2ccc(Cl)s2)c1. The fraction of sp³-hybridized carbons (Fsp3) is 0.0833. The molecule has 3 nitrogen and oxygen atoms in total. The van der Waals surface area contributed by atoms with Crippen molar-refractivity contribution in [2.45, 2.75) is 6.54 Å². The molecule has 2 rings (SSSR count). The quantitative estimate of drug-likeness (QED) is 0.840. The van der Waals surface area contributed by atoms with Crippen molar-refractivity contribution in [2.75, 3.05) is 5.73 Å². The normalized spacial score (nSPS) is 10.2. The third-order valence-electron chi connectivity index (χ3n) is 2.20. The molecule has 0 saturated carbocycles. The van der Waals surface area contributed by atoms with Crippen LogP contribution in [0.3, 0.4) is 0 Å². The minimum atomic E-state index is -0.137. The van der Waals surface area contributed by atoms with Gasteiger partial charge < -0.3 is 11.1 Å². The summed E-state index contributed by atoms with van der Waals surface area (Å²) in [5, 5.41) is 2.81. The molecule has 0 unspecified atom stereocenters. The fourth-order valence-electron chi connectivity index (χ4n) is 1.40. The maximum atomic E-state index is 11.8. The van der Waals surface area contributed by atoms with Gasteiger partial charge in [0.2, 0.25) is 0 Å². The van der Waals surface area contributed by atoms with E-state index in [1.807, 2.05) is 12.1 Å². The first kappa shape index (κ1) is 12.0. The average molecular weight is 267 g/mol. The van der Waals surface area contributed by atoms with Gasteiger partial charge in [0.15, 0.2) is 0 Å². The largest absolute Gasteiger partial charge is 0.399 e. The van der Waals surface area contributed by atoms with E-state index in [-0.39, 0.29) is 5.91 Å². The van der Waals surface area contributed by atoms with E-state index in [1.54, 1.807) is 24.3 Å². The predicted molar refractivity (Wildman–Crippen MR) is 71.4 cm³/mol. The van der Waals surface area contributed by atoms with Crippen LogP contribution >= 0.6 is 22.9 Å². The van der Waals surface area contributed by atoms with Gasteiger partial charge in [-0.05, 0) is 30.3 Å². The second-order valence-electron chi connectivity index (χ2n) is 3.51. The van der Waals surface area contributed by atoms with Crippen molar-refractivity contribution >= 4 is 34.5 Å². The molecular weight excluding hydrogens is 256 g/mol. The molecular formula is C12H11ClN2OS. The Morgan fingerprint density at radius 1 is 1.35 bits per heavy atom. The summed E-state index contributed by atoms with van der Waals surface area (Å²) in [5.41, 5.74) is 6.75. The zero-order valence-corrected chi connectivity index (χ0v) is 10.5. The van der Waals surface area contributed by atoms with E-state index in [0.29, 0.717) is 17.8 Å². The highest BCUT2D eigenvalue weighted by molar-refractivity contribution is 7.16. The van der Waals surface area contributed by atoms with Crippen LogP contribution < -0.4 is 11.1 Å². The van der Waals surface area contributed by atoms with Crippen molar-refractivity contribution in [3.8, 4) is 0 Å². The molecule has 0 saturated heterocycles. The Balaban J connectivity index is 1.98. The van der Waals surface area contributed by atoms with Crippen LogP contribution in [0.5, 0.6) is 0 Å². The number of rotatable bonds is 3. The lowest BCUT2D eigenvalue weighted by Crippen LogP contribution is -2.22. The van der Waals surface area contributed by atoms with E-state index < -0.39 is 0 Å². The van der Waals surface area contributed by atoms with Gasteiger partial charge in [0, 0.05) is 16.1 Å². The van der Waals surface area contributed by atoms with Crippen LogP contribution in [0.2, 0.25) is 4.34 Å². The van der Waals surface area contributed by atoms with Gasteiger partial charge in [0.05, 0.1) is 10.9 Å². The fourth-order valence-corrected chi connectivity index (χ4v) is 2.42. The molecule has 5 heteroatoms. The summed E-state index contributed by atoms with van der Waals surface area (Å²) < 4.78 is 0.721. The maximum absolute atomic E-state index is 11.8. The number of carbonyl (C=O) groups is 1. The minimum absolute atomic E-state index is 0.137. The third-order valence-corrected chi connectivity index (χ3v) is 3.43. The van der Waals surface area contributed by atoms with Gasteiger partial charge in [-0.15, -0.1) is 11.3 Å². The van der Waals surface area contributed by atoms with Crippen LogP contribution in [0.4, 0.5) is 5.69 Å². The molecule has 0 spiro atoms. The van der Waals surface area contributed by atoms with Gasteiger partial charge >= 0.3 is 0 Å². The van der Waals surface area contributed by atoms with E-state index in [9.17, 15) is 4.79 Å². The topological polar surface area (TPSA) is 55.1 Å². The molecule has 2 aromatic rings. The van der Waals surface area contributed by atoms with Crippen LogP contribution in [-0.2, 0) is 6.54 Å². The molecule has 0 fully saturated rings. The summed E-state index contributed by atoms with van der Waals surface area (Å²) in [7, 11) is 0. The van der Waals surface area contributed by atoms with Crippen LogP contribution in [0.1, 0.15) is 15.2 Å². The summed E-state index contributed by atoms with van der Waals surface area (Å²) in [6.07, 6.45) is 0. The van der Waals surface area contributed by atoms with Gasteiger partial charge in [-0.1, -0.05) is 17.7 Å². The Hall–Kier alpha value is -1.52. The van der Waals surface area contributed by atoms with E-state index in [1.165, 1.54) is 11.3 Å². The number of benzene rings is 1. The van der Waals surface area contributed by atoms with Crippen molar-refractivity contribution in [1.82, 2.24) is 5.32 Å². The van der Waals surface area contributed by atoms with Crippen molar-refractivity contribution in [3.63, 3.8) is 0 Å². The number of carbonyl (C=O) groups excluding carboxylic acids is 1. The molecule has 0 aliphatic heterocycles. The first-order valence-electron chi connectivity index (χ1n) is 5.03. The number of anilines is 1. The third kappa shape index (κ3) is 3.22. The molecule has 88 valence electrons. The Kier molecular flexibility index (Phi) is 3.66. The van der Waals surface area contributed by atoms with Crippen LogP contribution in [0.15, 0.2) is 36.4 Å². The Morgan fingerprint density at radius 2 is 2.18 bits per heavy atom. The predicted octanol–water partition coefficient (Wildman–Crippen LogP) is 2.91. The summed E-state index contributed by atoms with van der Waals surface area (Å²) in [6.45, 7) is 0.477. The van der Waals surface area contributed by atoms with Gasteiger partial charge in [0.1, 0.15) is 0 Å². The number of thiophene rings is 1. The molecule has 1 amide bonds. The monoisotopic (exact) mass is 266 g/mol. The lowest BCUT2D eigenvalue weighted by atomic mass is 10.2. The summed E-state index contributed by atoms with van der Waals surface area (Å²) in [4.78, 5) is 12.8. The van der Waals surface area contributed by atoms with Gasteiger partial charge in [-0.2, -0.15) is 0 Å². The zero-order chi connectivity index (χ0) is 12.3. The first-order chi connectivity index (χ1) is 8.15. The second-order valence-corrected chi connectivity index (χ2v) is 5.31. The highest BCUT2D eigenvalue weighted by Crippen LogP contribution is 2.21. The van der Waals surface area contributed by atoms with Crippen molar-refractivity contribution < 1.29 is 4.79 Å². The minimum Gasteiger partial charge on any atom is -0.399 e.